The summed E-state index contributed by atoms with van der Waals surface area (Å²) in [7, 11) is 1.27. The number of rotatable bonds is 3. The summed E-state index contributed by atoms with van der Waals surface area (Å²) in [6.45, 7) is 1.55. The van der Waals surface area contributed by atoms with Crippen LogP contribution in [0.5, 0.6) is 0 Å². The van der Waals surface area contributed by atoms with E-state index >= 15 is 0 Å². The van der Waals surface area contributed by atoms with Gasteiger partial charge in [0.05, 0.1) is 12.5 Å². The molecular weight excluding hydrogens is 302 g/mol. The number of carbonyl (C=O) groups is 1. The van der Waals surface area contributed by atoms with E-state index in [0.29, 0.717) is 10.2 Å². The molecule has 1 atom stereocenters. The van der Waals surface area contributed by atoms with Gasteiger partial charge in [0.1, 0.15) is 0 Å². The number of fused-ring (bicyclic) bond motifs is 1. The molecule has 0 unspecified atom stereocenters. The summed E-state index contributed by atoms with van der Waals surface area (Å²) in [5, 5.41) is 8.35. The minimum atomic E-state index is -0.811. The molecule has 2 heterocycles. The first kappa shape index (κ1) is 14.4. The molecule has 22 heavy (non-hydrogen) atoms. The fraction of sp³-hybridized carbons (Fsp3) is 0.200. The SMILES string of the molecule is COC(=O)[C@H](C)n1nnc2sc(-c3ccccc3)cc2c1=O. The Balaban J connectivity index is 2.12. The highest BCUT2D eigenvalue weighted by molar-refractivity contribution is 7.21. The molecule has 6 nitrogen and oxygen atoms in total. The van der Waals surface area contributed by atoms with Crippen LogP contribution in [0.3, 0.4) is 0 Å². The second-order valence-corrected chi connectivity index (χ2v) is 5.76. The first-order chi connectivity index (χ1) is 10.6. The first-order valence-electron chi connectivity index (χ1n) is 6.64. The molecule has 0 N–H and O–H groups in total. The molecule has 0 amide bonds. The number of methoxy groups -OCH3 is 1. The van der Waals surface area contributed by atoms with Crippen LogP contribution in [-0.4, -0.2) is 28.1 Å². The molecule has 0 aliphatic carbocycles. The van der Waals surface area contributed by atoms with Gasteiger partial charge in [-0.15, -0.1) is 16.4 Å². The Kier molecular flexibility index (Phi) is 3.72. The van der Waals surface area contributed by atoms with Gasteiger partial charge in [0.15, 0.2) is 10.9 Å². The van der Waals surface area contributed by atoms with E-state index in [0.717, 1.165) is 15.1 Å². The molecule has 3 aromatic rings. The highest BCUT2D eigenvalue weighted by Gasteiger charge is 2.20. The summed E-state index contributed by atoms with van der Waals surface area (Å²) < 4.78 is 5.70. The number of thiophene rings is 1. The number of hydrogen-bond donors (Lipinski definition) is 0. The van der Waals surface area contributed by atoms with E-state index < -0.39 is 12.0 Å². The van der Waals surface area contributed by atoms with E-state index in [1.807, 2.05) is 30.3 Å². The van der Waals surface area contributed by atoms with E-state index in [-0.39, 0.29) is 5.56 Å². The van der Waals surface area contributed by atoms with Crippen molar-refractivity contribution in [3.05, 3.63) is 46.8 Å². The lowest BCUT2D eigenvalue weighted by Gasteiger charge is -2.09. The fourth-order valence-corrected chi connectivity index (χ4v) is 3.10. The van der Waals surface area contributed by atoms with E-state index in [9.17, 15) is 9.59 Å². The zero-order chi connectivity index (χ0) is 15.7. The van der Waals surface area contributed by atoms with Gasteiger partial charge in [-0.1, -0.05) is 35.5 Å². The van der Waals surface area contributed by atoms with Crippen molar-refractivity contribution in [1.29, 1.82) is 0 Å². The third-order valence-corrected chi connectivity index (χ3v) is 4.42. The highest BCUT2D eigenvalue weighted by atomic mass is 32.1. The summed E-state index contributed by atoms with van der Waals surface area (Å²) in [6, 6.07) is 10.7. The second kappa shape index (κ2) is 5.69. The van der Waals surface area contributed by atoms with Gasteiger partial charge < -0.3 is 4.74 Å². The number of nitrogens with zero attached hydrogens (tertiary/aromatic N) is 3. The maximum absolute atomic E-state index is 12.5. The largest absolute Gasteiger partial charge is 0.467 e. The Morgan fingerprint density at radius 3 is 2.73 bits per heavy atom. The molecule has 0 spiro atoms. The third-order valence-electron chi connectivity index (χ3n) is 3.35. The van der Waals surface area contributed by atoms with Crippen LogP contribution in [0.1, 0.15) is 13.0 Å². The molecule has 0 saturated carbocycles. The number of ether oxygens (including phenoxy) is 1. The quantitative estimate of drug-likeness (QED) is 0.693. The lowest BCUT2D eigenvalue weighted by atomic mass is 10.2. The van der Waals surface area contributed by atoms with Crippen LogP contribution in [-0.2, 0) is 9.53 Å². The Labute approximate surface area is 130 Å². The molecule has 112 valence electrons. The summed E-state index contributed by atoms with van der Waals surface area (Å²) in [4.78, 5) is 25.6. The predicted octanol–water partition coefficient (Wildman–Crippen LogP) is 2.25. The van der Waals surface area contributed by atoms with Crippen molar-refractivity contribution in [3.63, 3.8) is 0 Å². The number of benzene rings is 1. The maximum Gasteiger partial charge on any atom is 0.330 e. The third kappa shape index (κ3) is 2.39. The second-order valence-electron chi connectivity index (χ2n) is 4.73. The van der Waals surface area contributed by atoms with E-state index in [1.54, 1.807) is 13.0 Å². The maximum atomic E-state index is 12.5. The standard InChI is InChI=1S/C15H13N3O3S/c1-9(15(20)21-2)18-14(19)11-8-12(22-13(11)16-17-18)10-6-4-3-5-7-10/h3-9H,1-2H3/t9-/m0/s1. The fourth-order valence-electron chi connectivity index (χ4n) is 2.13. The summed E-state index contributed by atoms with van der Waals surface area (Å²) in [5.41, 5.74) is 0.666. The molecule has 0 saturated heterocycles. The van der Waals surface area contributed by atoms with Crippen molar-refractivity contribution in [1.82, 2.24) is 15.0 Å². The monoisotopic (exact) mass is 315 g/mol. The summed E-state index contributed by atoms with van der Waals surface area (Å²) >= 11 is 1.40. The van der Waals surface area contributed by atoms with E-state index in [1.165, 1.54) is 18.4 Å². The van der Waals surface area contributed by atoms with E-state index in [2.05, 4.69) is 15.0 Å². The van der Waals surface area contributed by atoms with Crippen molar-refractivity contribution in [2.45, 2.75) is 13.0 Å². The molecule has 3 rings (SSSR count). The topological polar surface area (TPSA) is 74.1 Å². The van der Waals surface area contributed by atoms with Gasteiger partial charge in [-0.25, -0.2) is 4.79 Å². The summed E-state index contributed by atoms with van der Waals surface area (Å²) in [6.07, 6.45) is 0. The van der Waals surface area contributed by atoms with Gasteiger partial charge in [0.25, 0.3) is 5.56 Å². The Hall–Kier alpha value is -2.54. The normalized spacial score (nSPS) is 12.3. The van der Waals surface area contributed by atoms with Crippen molar-refractivity contribution >= 4 is 27.5 Å². The number of hydrogen-bond acceptors (Lipinski definition) is 6. The molecule has 0 aliphatic heterocycles. The molecule has 0 bridgehead atoms. The van der Waals surface area contributed by atoms with Crippen molar-refractivity contribution in [3.8, 4) is 10.4 Å². The van der Waals surface area contributed by atoms with Crippen molar-refractivity contribution in [2.75, 3.05) is 7.11 Å². The van der Waals surface area contributed by atoms with Gasteiger partial charge in [0, 0.05) is 4.88 Å². The van der Waals surface area contributed by atoms with Gasteiger partial charge >= 0.3 is 5.97 Å². The predicted molar refractivity (Wildman–Crippen MR) is 83.8 cm³/mol. The molecule has 0 radical (unpaired) electrons. The van der Waals surface area contributed by atoms with Gasteiger partial charge in [-0.2, -0.15) is 4.68 Å². The van der Waals surface area contributed by atoms with Crippen LogP contribution in [0.4, 0.5) is 0 Å². The molecule has 7 heteroatoms. The average molecular weight is 315 g/mol. The van der Waals surface area contributed by atoms with Crippen LogP contribution in [0, 0.1) is 0 Å². The Bertz CT molecular complexity index is 886. The Morgan fingerprint density at radius 2 is 2.05 bits per heavy atom. The van der Waals surface area contributed by atoms with Crippen LogP contribution in [0.2, 0.25) is 0 Å². The molecule has 1 aromatic carbocycles. The zero-order valence-corrected chi connectivity index (χ0v) is 12.8. The van der Waals surface area contributed by atoms with Gasteiger partial charge in [-0.05, 0) is 18.6 Å². The average Bonchev–Trinajstić information content (AvgIpc) is 3.00. The summed E-state index contributed by atoms with van der Waals surface area (Å²) in [5.74, 6) is -0.533. The number of esters is 1. The first-order valence-corrected chi connectivity index (χ1v) is 7.45. The number of carbonyl (C=O) groups excluding carboxylic acids is 1. The van der Waals surface area contributed by atoms with Crippen molar-refractivity contribution in [2.24, 2.45) is 0 Å². The minimum Gasteiger partial charge on any atom is -0.467 e. The van der Waals surface area contributed by atoms with Crippen molar-refractivity contribution < 1.29 is 9.53 Å². The van der Waals surface area contributed by atoms with Crippen LogP contribution < -0.4 is 5.56 Å². The lowest BCUT2D eigenvalue weighted by Crippen LogP contribution is -2.31. The van der Waals surface area contributed by atoms with Crippen LogP contribution in [0.25, 0.3) is 20.7 Å². The Morgan fingerprint density at radius 1 is 1.32 bits per heavy atom. The van der Waals surface area contributed by atoms with Gasteiger partial charge in [-0.3, -0.25) is 4.79 Å². The van der Waals surface area contributed by atoms with E-state index in [4.69, 9.17) is 0 Å². The molecule has 0 fully saturated rings. The molecule has 2 aromatic heterocycles. The smallest absolute Gasteiger partial charge is 0.330 e. The minimum absolute atomic E-state index is 0.346. The number of aromatic nitrogens is 3. The molecular formula is C15H13N3O3S. The van der Waals surface area contributed by atoms with Gasteiger partial charge in [0.2, 0.25) is 0 Å². The van der Waals surface area contributed by atoms with Crippen LogP contribution in [0.15, 0.2) is 41.2 Å². The zero-order valence-electron chi connectivity index (χ0n) is 12.0. The highest BCUT2D eigenvalue weighted by Crippen LogP contribution is 2.30. The van der Waals surface area contributed by atoms with Crippen LogP contribution >= 0.6 is 11.3 Å². The lowest BCUT2D eigenvalue weighted by molar-refractivity contribution is -0.144. The molecule has 0 aliphatic rings.